The van der Waals surface area contributed by atoms with E-state index in [1.165, 1.54) is 0 Å². The first-order chi connectivity index (χ1) is 12.0. The Morgan fingerprint density at radius 1 is 0.840 bits per heavy atom. The van der Waals surface area contributed by atoms with Gasteiger partial charge >= 0.3 is 0 Å². The van der Waals surface area contributed by atoms with Crippen molar-refractivity contribution in [3.05, 3.63) is 65.2 Å². The van der Waals surface area contributed by atoms with E-state index in [2.05, 4.69) is 0 Å². The summed E-state index contributed by atoms with van der Waals surface area (Å²) < 4.78 is 5.59. The quantitative estimate of drug-likeness (QED) is 0.551. The number of phenolic OH excluding ortho intramolecular Hbond substituents is 1. The van der Waals surface area contributed by atoms with E-state index in [9.17, 15) is 25.5 Å². The summed E-state index contributed by atoms with van der Waals surface area (Å²) in [7, 11) is 0. The highest BCUT2D eigenvalue weighted by molar-refractivity contribution is 5.33. The van der Waals surface area contributed by atoms with Crippen LogP contribution in [0.4, 0.5) is 0 Å². The van der Waals surface area contributed by atoms with Crippen LogP contribution in [0.25, 0.3) is 0 Å². The fourth-order valence-electron chi connectivity index (χ4n) is 3.11. The Hall–Kier alpha value is -1.96. The molecule has 0 aliphatic carbocycles. The van der Waals surface area contributed by atoms with E-state index in [1.807, 2.05) is 30.3 Å². The number of aromatic hydroxyl groups is 1. The van der Waals surface area contributed by atoms with Gasteiger partial charge in [-0.2, -0.15) is 0 Å². The van der Waals surface area contributed by atoms with Gasteiger partial charge in [0.05, 0.1) is 6.61 Å². The van der Waals surface area contributed by atoms with E-state index >= 15 is 0 Å². The fourth-order valence-corrected chi connectivity index (χ4v) is 3.11. The number of hydrogen-bond acceptors (Lipinski definition) is 6. The maximum Gasteiger partial charge on any atom is 0.115 e. The molecule has 0 amide bonds. The maximum atomic E-state index is 10.2. The van der Waals surface area contributed by atoms with Crippen molar-refractivity contribution in [1.82, 2.24) is 0 Å². The zero-order valence-corrected chi connectivity index (χ0v) is 13.6. The molecular formula is C19H22O6. The van der Waals surface area contributed by atoms with Crippen LogP contribution in [0.5, 0.6) is 5.75 Å². The summed E-state index contributed by atoms with van der Waals surface area (Å²) in [5.74, 6) is 0.207. The lowest BCUT2D eigenvalue weighted by Gasteiger charge is -2.40. The van der Waals surface area contributed by atoms with Gasteiger partial charge in [0.1, 0.15) is 36.3 Å². The standard InChI is InChI=1S/C19H22O6/c20-10-15-16(22)17(23)18(24)19(25-15)13-3-1-2-12(9-13)8-11-4-6-14(21)7-5-11/h1-7,9,15-24H,8,10H2/t15-,16-,17+,18-,19+/m1/s1. The van der Waals surface area contributed by atoms with E-state index in [0.717, 1.165) is 11.1 Å². The van der Waals surface area contributed by atoms with Crippen LogP contribution in [-0.4, -0.2) is 56.6 Å². The molecule has 3 rings (SSSR count). The van der Waals surface area contributed by atoms with Gasteiger partial charge in [-0.25, -0.2) is 0 Å². The molecule has 1 aliphatic rings. The predicted molar refractivity (Wildman–Crippen MR) is 90.1 cm³/mol. The highest BCUT2D eigenvalue weighted by Gasteiger charge is 2.43. The van der Waals surface area contributed by atoms with Crippen LogP contribution in [0.1, 0.15) is 22.8 Å². The first-order valence-corrected chi connectivity index (χ1v) is 8.17. The molecule has 2 aromatic carbocycles. The number of hydrogen-bond donors (Lipinski definition) is 5. The van der Waals surface area contributed by atoms with Gasteiger partial charge in [0.2, 0.25) is 0 Å². The normalized spacial score (nSPS) is 29.5. The van der Waals surface area contributed by atoms with Gasteiger partial charge in [-0.15, -0.1) is 0 Å². The number of phenols is 1. The molecule has 5 atom stereocenters. The zero-order chi connectivity index (χ0) is 18.0. The van der Waals surface area contributed by atoms with Crippen molar-refractivity contribution in [2.45, 2.75) is 36.9 Å². The third-order valence-corrected chi connectivity index (χ3v) is 4.52. The average Bonchev–Trinajstić information content (AvgIpc) is 2.62. The molecule has 6 heteroatoms. The molecule has 1 aliphatic heterocycles. The van der Waals surface area contributed by atoms with Crippen LogP contribution in [0.15, 0.2) is 48.5 Å². The number of aliphatic hydroxyl groups excluding tert-OH is 4. The van der Waals surface area contributed by atoms with E-state index < -0.39 is 37.1 Å². The van der Waals surface area contributed by atoms with Crippen molar-refractivity contribution in [2.75, 3.05) is 6.61 Å². The highest BCUT2D eigenvalue weighted by atomic mass is 16.5. The van der Waals surface area contributed by atoms with Gasteiger partial charge in [0.25, 0.3) is 0 Å². The largest absolute Gasteiger partial charge is 0.508 e. The minimum Gasteiger partial charge on any atom is -0.508 e. The van der Waals surface area contributed by atoms with Crippen LogP contribution in [0, 0.1) is 0 Å². The molecule has 134 valence electrons. The second kappa shape index (κ2) is 7.51. The van der Waals surface area contributed by atoms with Gasteiger partial charge in [0.15, 0.2) is 0 Å². The van der Waals surface area contributed by atoms with Crippen molar-refractivity contribution in [2.24, 2.45) is 0 Å². The maximum absolute atomic E-state index is 10.2. The lowest BCUT2D eigenvalue weighted by molar-refractivity contribution is -0.231. The smallest absolute Gasteiger partial charge is 0.115 e. The Labute approximate surface area is 145 Å². The van der Waals surface area contributed by atoms with Gasteiger partial charge in [0, 0.05) is 0 Å². The van der Waals surface area contributed by atoms with E-state index in [1.54, 1.807) is 18.2 Å². The van der Waals surface area contributed by atoms with Gasteiger partial charge < -0.3 is 30.3 Å². The SMILES string of the molecule is OC[C@H]1O[C@@H](c2cccc(Cc3ccc(O)cc3)c2)[C@H](O)[C@@H](O)[C@@H]1O. The van der Waals surface area contributed by atoms with Crippen molar-refractivity contribution in [3.8, 4) is 5.75 Å². The molecule has 5 N–H and O–H groups in total. The van der Waals surface area contributed by atoms with Crippen molar-refractivity contribution >= 4 is 0 Å². The third-order valence-electron chi connectivity index (χ3n) is 4.52. The third kappa shape index (κ3) is 3.84. The van der Waals surface area contributed by atoms with Crippen molar-refractivity contribution < 1.29 is 30.3 Å². The van der Waals surface area contributed by atoms with Crippen LogP contribution >= 0.6 is 0 Å². The molecule has 25 heavy (non-hydrogen) atoms. The van der Waals surface area contributed by atoms with Crippen molar-refractivity contribution in [3.63, 3.8) is 0 Å². The lowest BCUT2D eigenvalue weighted by atomic mass is 9.90. The fraction of sp³-hybridized carbons (Fsp3) is 0.368. The molecular weight excluding hydrogens is 324 g/mol. The monoisotopic (exact) mass is 346 g/mol. The summed E-state index contributed by atoms with van der Waals surface area (Å²) in [4.78, 5) is 0. The summed E-state index contributed by atoms with van der Waals surface area (Å²) in [5.41, 5.74) is 2.65. The van der Waals surface area contributed by atoms with E-state index in [4.69, 9.17) is 4.74 Å². The number of aliphatic hydroxyl groups is 4. The zero-order valence-electron chi connectivity index (χ0n) is 13.6. The molecule has 1 heterocycles. The first-order valence-electron chi connectivity index (χ1n) is 8.17. The summed E-state index contributed by atoms with van der Waals surface area (Å²) >= 11 is 0. The molecule has 0 radical (unpaired) electrons. The van der Waals surface area contributed by atoms with Crippen LogP contribution in [0.2, 0.25) is 0 Å². The van der Waals surface area contributed by atoms with Crippen molar-refractivity contribution in [1.29, 1.82) is 0 Å². The van der Waals surface area contributed by atoms with Crippen LogP contribution in [-0.2, 0) is 11.2 Å². The summed E-state index contributed by atoms with van der Waals surface area (Å²) in [6.45, 7) is -0.450. The molecule has 2 aromatic rings. The minimum atomic E-state index is -1.39. The Morgan fingerprint density at radius 3 is 2.24 bits per heavy atom. The van der Waals surface area contributed by atoms with E-state index in [0.29, 0.717) is 12.0 Å². The molecule has 0 saturated carbocycles. The second-order valence-corrected chi connectivity index (χ2v) is 6.34. The van der Waals surface area contributed by atoms with Gasteiger partial charge in [-0.1, -0.05) is 36.4 Å². The summed E-state index contributed by atoms with van der Waals surface area (Å²) in [5, 5.41) is 48.7. The Bertz CT molecular complexity index is 699. The first kappa shape index (κ1) is 17.8. The molecule has 0 spiro atoms. The molecule has 1 fully saturated rings. The molecule has 1 saturated heterocycles. The number of benzene rings is 2. The Kier molecular flexibility index (Phi) is 5.36. The van der Waals surface area contributed by atoms with Crippen LogP contribution in [0.3, 0.4) is 0 Å². The predicted octanol–water partition coefficient (Wildman–Crippen LogP) is 0.498. The highest BCUT2D eigenvalue weighted by Crippen LogP contribution is 2.32. The Balaban J connectivity index is 1.81. The second-order valence-electron chi connectivity index (χ2n) is 6.34. The molecule has 0 aromatic heterocycles. The minimum absolute atomic E-state index is 0.207. The van der Waals surface area contributed by atoms with E-state index in [-0.39, 0.29) is 5.75 Å². The topological polar surface area (TPSA) is 110 Å². The molecule has 0 bridgehead atoms. The van der Waals surface area contributed by atoms with Crippen LogP contribution < -0.4 is 0 Å². The van der Waals surface area contributed by atoms with Gasteiger partial charge in [-0.3, -0.25) is 0 Å². The van der Waals surface area contributed by atoms with Gasteiger partial charge in [-0.05, 0) is 35.2 Å². The summed E-state index contributed by atoms with van der Waals surface area (Å²) in [6.07, 6.45) is -5.18. The lowest BCUT2D eigenvalue weighted by Crippen LogP contribution is -2.55. The Morgan fingerprint density at radius 2 is 1.56 bits per heavy atom. The molecule has 6 nitrogen and oxygen atoms in total. The number of ether oxygens (including phenoxy) is 1. The number of rotatable bonds is 4. The summed E-state index contributed by atoms with van der Waals surface area (Å²) in [6, 6.07) is 14.3. The average molecular weight is 346 g/mol. The molecule has 0 unspecified atom stereocenters.